The van der Waals surface area contributed by atoms with E-state index in [0.29, 0.717) is 11.5 Å². The second-order valence-corrected chi connectivity index (χ2v) is 15.5. The summed E-state index contributed by atoms with van der Waals surface area (Å²) in [4.78, 5) is 0. The Balaban J connectivity index is 2.38. The van der Waals surface area contributed by atoms with Crippen LogP contribution in [0.5, 0.6) is 11.5 Å². The second kappa shape index (κ2) is 12.4. The molecule has 0 aromatic heterocycles. The molecule has 0 saturated carbocycles. The van der Waals surface area contributed by atoms with E-state index in [1.807, 2.05) is 18.2 Å². The van der Waals surface area contributed by atoms with Gasteiger partial charge in [-0.05, 0) is 74.4 Å². The summed E-state index contributed by atoms with van der Waals surface area (Å²) in [7, 11) is 0.797. The summed E-state index contributed by atoms with van der Waals surface area (Å²) in [6, 6.07) is 18.6. The molecule has 0 radical (unpaired) electrons. The van der Waals surface area contributed by atoms with Crippen molar-refractivity contribution in [1.82, 2.24) is 0 Å². The number of nitrogens with zero attached hydrogens (tertiary/aromatic N) is 1. The first-order valence-electron chi connectivity index (χ1n) is 10.3. The van der Waals surface area contributed by atoms with Crippen LogP contribution < -0.4 is 19.2 Å². The van der Waals surface area contributed by atoms with Crippen LogP contribution in [0.1, 0.15) is 0 Å². The van der Waals surface area contributed by atoms with Crippen molar-refractivity contribution in [3.8, 4) is 11.5 Å². The van der Waals surface area contributed by atoms with Crippen molar-refractivity contribution in [2.45, 2.75) is 13.1 Å². The maximum atomic E-state index is 6.09. The summed E-state index contributed by atoms with van der Waals surface area (Å²) in [6.45, 7) is 4.82. The largest absolute Gasteiger partial charge is 0.464 e. The van der Waals surface area contributed by atoms with Crippen LogP contribution in [0.3, 0.4) is 0 Å². The highest BCUT2D eigenvalue weighted by molar-refractivity contribution is 9.11. The first-order chi connectivity index (χ1) is 16.2. The maximum absolute atomic E-state index is 6.09. The summed E-state index contributed by atoms with van der Waals surface area (Å²) in [5, 5.41) is 1.25. The second-order valence-electron chi connectivity index (χ2n) is 7.83. The third-order valence-corrected chi connectivity index (χ3v) is 10.6. The Bertz CT molecular complexity index is 1070. The standard InChI is InChI=1S/C24H25Br4NO4Si/c1-30-14-32-23-19(27)10-16(25)12-21(23)29(34(3,4)18-8-6-5-7-9-18)22-13-17(26)11-20(28)24(22)33-15-31-2/h5-13H,14-15H2,1-4H3. The van der Waals surface area contributed by atoms with Crippen LogP contribution in [-0.2, 0) is 9.47 Å². The molecule has 3 aromatic rings. The molecule has 182 valence electrons. The van der Waals surface area contributed by atoms with Crippen LogP contribution in [-0.4, -0.2) is 36.0 Å². The zero-order chi connectivity index (χ0) is 24.9. The normalized spacial score (nSPS) is 11.4. The van der Waals surface area contributed by atoms with Crippen molar-refractivity contribution >= 4 is 88.5 Å². The van der Waals surface area contributed by atoms with E-state index in [1.165, 1.54) is 5.19 Å². The zero-order valence-corrected chi connectivity index (χ0v) is 26.5. The summed E-state index contributed by atoms with van der Waals surface area (Å²) in [6.07, 6.45) is 0. The molecule has 0 N–H and O–H groups in total. The highest BCUT2D eigenvalue weighted by atomic mass is 79.9. The molecular weight excluding hydrogens is 714 g/mol. The molecule has 3 rings (SSSR count). The fraction of sp³-hybridized carbons (Fsp3) is 0.250. The van der Waals surface area contributed by atoms with Gasteiger partial charge in [0.25, 0.3) is 0 Å². The zero-order valence-electron chi connectivity index (χ0n) is 19.2. The van der Waals surface area contributed by atoms with Crippen molar-refractivity contribution < 1.29 is 18.9 Å². The number of benzene rings is 3. The molecule has 10 heteroatoms. The van der Waals surface area contributed by atoms with E-state index in [9.17, 15) is 0 Å². The average Bonchev–Trinajstić information content (AvgIpc) is 2.78. The van der Waals surface area contributed by atoms with Gasteiger partial charge >= 0.3 is 0 Å². The lowest BCUT2D eigenvalue weighted by atomic mass is 10.2. The van der Waals surface area contributed by atoms with Gasteiger partial charge < -0.3 is 23.5 Å². The molecule has 0 saturated heterocycles. The smallest absolute Gasteiger partial charge is 0.188 e. The van der Waals surface area contributed by atoms with Crippen molar-refractivity contribution in [1.29, 1.82) is 0 Å². The Labute approximate surface area is 235 Å². The molecule has 0 aliphatic heterocycles. The van der Waals surface area contributed by atoms with Gasteiger partial charge in [-0.2, -0.15) is 0 Å². The monoisotopic (exact) mass is 735 g/mol. The fourth-order valence-corrected chi connectivity index (χ4v) is 9.09. The average molecular weight is 739 g/mol. The van der Waals surface area contributed by atoms with Crippen molar-refractivity contribution in [3.05, 3.63) is 72.5 Å². The molecule has 0 heterocycles. The highest BCUT2D eigenvalue weighted by Gasteiger charge is 2.38. The highest BCUT2D eigenvalue weighted by Crippen LogP contribution is 2.49. The van der Waals surface area contributed by atoms with Gasteiger partial charge in [0.05, 0.1) is 20.3 Å². The summed E-state index contributed by atoms with van der Waals surface area (Å²) in [5.74, 6) is 1.35. The molecule has 0 aliphatic carbocycles. The number of ether oxygens (including phenoxy) is 4. The molecular formula is C24H25Br4NO4Si. The van der Waals surface area contributed by atoms with Gasteiger partial charge in [-0.25, -0.2) is 0 Å². The first-order valence-corrected chi connectivity index (χ1v) is 16.4. The molecule has 3 aromatic carbocycles. The fourth-order valence-electron chi connectivity index (χ4n) is 3.65. The predicted molar refractivity (Wildman–Crippen MR) is 154 cm³/mol. The lowest BCUT2D eigenvalue weighted by molar-refractivity contribution is 0.0506. The number of methoxy groups -OCH3 is 2. The van der Waals surface area contributed by atoms with E-state index in [2.05, 4.69) is 118 Å². The van der Waals surface area contributed by atoms with E-state index in [-0.39, 0.29) is 13.6 Å². The predicted octanol–water partition coefficient (Wildman–Crippen LogP) is 7.95. The number of rotatable bonds is 10. The molecule has 0 aliphatic rings. The minimum atomic E-state index is -2.42. The molecule has 0 bridgehead atoms. The molecule has 5 nitrogen and oxygen atoms in total. The third kappa shape index (κ3) is 6.27. The van der Waals surface area contributed by atoms with Gasteiger partial charge in [0.1, 0.15) is 0 Å². The van der Waals surface area contributed by atoms with Crippen LogP contribution in [0, 0.1) is 0 Å². The first kappa shape index (κ1) is 27.7. The van der Waals surface area contributed by atoms with Crippen LogP contribution in [0.2, 0.25) is 13.1 Å². The minimum absolute atomic E-state index is 0.115. The van der Waals surface area contributed by atoms with Crippen LogP contribution in [0.25, 0.3) is 0 Å². The molecule has 0 amide bonds. The number of hydrogen-bond donors (Lipinski definition) is 0. The Morgan fingerprint density at radius 3 is 1.56 bits per heavy atom. The maximum Gasteiger partial charge on any atom is 0.188 e. The Hall–Kier alpha value is -0.883. The number of hydrogen-bond acceptors (Lipinski definition) is 5. The lowest BCUT2D eigenvalue weighted by Gasteiger charge is -2.41. The summed E-state index contributed by atoms with van der Waals surface area (Å²) < 4.78 is 28.4. The van der Waals surface area contributed by atoms with E-state index in [1.54, 1.807) is 14.2 Å². The van der Waals surface area contributed by atoms with Crippen LogP contribution in [0.4, 0.5) is 11.4 Å². The SMILES string of the molecule is COCOc1c(Br)cc(Br)cc1N(c1cc(Br)cc(Br)c1OCOC)[Si](C)(C)c1ccccc1. The van der Waals surface area contributed by atoms with Gasteiger partial charge in [-0.1, -0.05) is 62.2 Å². The molecule has 0 unspecified atom stereocenters. The van der Waals surface area contributed by atoms with Gasteiger partial charge in [-0.3, -0.25) is 0 Å². The van der Waals surface area contributed by atoms with E-state index in [0.717, 1.165) is 29.3 Å². The van der Waals surface area contributed by atoms with Gasteiger partial charge in [0.15, 0.2) is 33.3 Å². The summed E-state index contributed by atoms with van der Waals surface area (Å²) in [5.41, 5.74) is 1.76. The minimum Gasteiger partial charge on any atom is -0.464 e. The topological polar surface area (TPSA) is 40.2 Å². The molecule has 0 atom stereocenters. The Morgan fingerprint density at radius 1 is 0.706 bits per heavy atom. The number of halogens is 4. The van der Waals surface area contributed by atoms with Crippen molar-refractivity contribution in [2.75, 3.05) is 32.4 Å². The van der Waals surface area contributed by atoms with Crippen molar-refractivity contribution in [2.24, 2.45) is 0 Å². The molecule has 0 spiro atoms. The summed E-state index contributed by atoms with van der Waals surface area (Å²) >= 11 is 14.7. The van der Waals surface area contributed by atoms with Gasteiger partial charge in [0, 0.05) is 23.2 Å². The van der Waals surface area contributed by atoms with Gasteiger partial charge in [0.2, 0.25) is 0 Å². The lowest BCUT2D eigenvalue weighted by Crippen LogP contribution is -2.56. The van der Waals surface area contributed by atoms with Gasteiger partial charge in [-0.15, -0.1) is 0 Å². The van der Waals surface area contributed by atoms with Crippen LogP contribution >= 0.6 is 63.7 Å². The quantitative estimate of drug-likeness (QED) is 0.156. The van der Waals surface area contributed by atoms with Crippen molar-refractivity contribution in [3.63, 3.8) is 0 Å². The van der Waals surface area contributed by atoms with E-state index >= 15 is 0 Å². The van der Waals surface area contributed by atoms with E-state index in [4.69, 9.17) is 18.9 Å². The van der Waals surface area contributed by atoms with Crippen LogP contribution in [0.15, 0.2) is 72.5 Å². The number of anilines is 2. The third-order valence-electron chi connectivity index (χ3n) is 5.14. The Morgan fingerprint density at radius 2 is 1.15 bits per heavy atom. The Kier molecular flexibility index (Phi) is 10.1. The molecule has 0 fully saturated rings. The molecule has 34 heavy (non-hydrogen) atoms. The van der Waals surface area contributed by atoms with E-state index < -0.39 is 8.24 Å².